The summed E-state index contributed by atoms with van der Waals surface area (Å²) < 4.78 is 15.2. The van der Waals surface area contributed by atoms with Gasteiger partial charge in [0.15, 0.2) is 0 Å². The van der Waals surface area contributed by atoms with Gasteiger partial charge in [-0.1, -0.05) is 12.1 Å². The van der Waals surface area contributed by atoms with Crippen LogP contribution in [0.5, 0.6) is 11.6 Å². The van der Waals surface area contributed by atoms with Crippen molar-refractivity contribution in [3.05, 3.63) is 53.7 Å². The Labute approximate surface area is 117 Å². The van der Waals surface area contributed by atoms with Crippen molar-refractivity contribution >= 4 is 5.97 Å². The lowest BCUT2D eigenvalue weighted by Gasteiger charge is -2.06. The number of hydrogen-bond acceptors (Lipinski definition) is 5. The molecule has 0 aliphatic rings. The Balaban J connectivity index is 1.93. The number of ether oxygens (including phenoxy) is 3. The molecule has 0 atom stereocenters. The highest BCUT2D eigenvalue weighted by Crippen LogP contribution is 2.13. The van der Waals surface area contributed by atoms with Gasteiger partial charge in [0.05, 0.1) is 19.8 Å². The van der Waals surface area contributed by atoms with E-state index in [0.29, 0.717) is 11.4 Å². The Hall–Kier alpha value is -2.56. The monoisotopic (exact) mass is 273 g/mol. The average Bonchev–Trinajstić information content (AvgIpc) is 2.53. The number of benzene rings is 1. The van der Waals surface area contributed by atoms with Crippen LogP contribution in [0.2, 0.25) is 0 Å². The molecule has 0 radical (unpaired) electrons. The number of methoxy groups -OCH3 is 2. The van der Waals surface area contributed by atoms with Crippen LogP contribution in [0.1, 0.15) is 15.9 Å². The molecule has 0 amide bonds. The van der Waals surface area contributed by atoms with Crippen molar-refractivity contribution in [2.75, 3.05) is 14.2 Å². The van der Waals surface area contributed by atoms with E-state index in [1.807, 2.05) is 24.3 Å². The van der Waals surface area contributed by atoms with Crippen molar-refractivity contribution in [3.63, 3.8) is 0 Å². The summed E-state index contributed by atoms with van der Waals surface area (Å²) in [5.41, 5.74) is 1.28. The molecule has 1 aromatic carbocycles. The van der Waals surface area contributed by atoms with Crippen LogP contribution in [-0.4, -0.2) is 25.2 Å². The van der Waals surface area contributed by atoms with Gasteiger partial charge in [0.1, 0.15) is 12.4 Å². The number of esters is 1. The van der Waals surface area contributed by atoms with Crippen LogP contribution in [0.4, 0.5) is 0 Å². The van der Waals surface area contributed by atoms with E-state index in [1.54, 1.807) is 19.2 Å². The normalized spacial score (nSPS) is 9.90. The van der Waals surface area contributed by atoms with Crippen LogP contribution in [-0.2, 0) is 11.3 Å². The van der Waals surface area contributed by atoms with E-state index >= 15 is 0 Å². The fraction of sp³-hybridized carbons (Fsp3) is 0.200. The maximum atomic E-state index is 11.8. The van der Waals surface area contributed by atoms with Crippen molar-refractivity contribution < 1.29 is 19.0 Å². The average molecular weight is 273 g/mol. The predicted octanol–water partition coefficient (Wildman–Crippen LogP) is 2.46. The van der Waals surface area contributed by atoms with E-state index < -0.39 is 5.97 Å². The quantitative estimate of drug-likeness (QED) is 0.783. The summed E-state index contributed by atoms with van der Waals surface area (Å²) in [4.78, 5) is 15.8. The number of aromatic nitrogens is 1. The fourth-order valence-corrected chi connectivity index (χ4v) is 1.58. The molecule has 20 heavy (non-hydrogen) atoms. The van der Waals surface area contributed by atoms with Crippen LogP contribution in [0, 0.1) is 0 Å². The van der Waals surface area contributed by atoms with Crippen LogP contribution >= 0.6 is 0 Å². The molecule has 5 nitrogen and oxygen atoms in total. The standard InChI is InChI=1S/C15H15NO4/c1-18-13-6-3-11(4-7-13)10-20-15(17)12-5-8-14(19-2)16-9-12/h3-9H,10H2,1-2H3. The number of rotatable bonds is 5. The Bertz CT molecular complexity index is 563. The first kappa shape index (κ1) is 13.9. The Kier molecular flexibility index (Phi) is 4.55. The molecule has 0 fully saturated rings. The zero-order chi connectivity index (χ0) is 14.4. The smallest absolute Gasteiger partial charge is 0.340 e. The summed E-state index contributed by atoms with van der Waals surface area (Å²) in [6.07, 6.45) is 1.43. The van der Waals surface area contributed by atoms with Crippen LogP contribution in [0.3, 0.4) is 0 Å². The van der Waals surface area contributed by atoms with E-state index in [4.69, 9.17) is 14.2 Å². The third-order valence-corrected chi connectivity index (χ3v) is 2.71. The lowest BCUT2D eigenvalue weighted by atomic mass is 10.2. The zero-order valence-corrected chi connectivity index (χ0v) is 11.3. The van der Waals surface area contributed by atoms with Gasteiger partial charge in [-0.05, 0) is 23.8 Å². The number of carbonyl (C=O) groups excluding carboxylic acids is 1. The first-order chi connectivity index (χ1) is 9.72. The molecule has 104 valence electrons. The van der Waals surface area contributed by atoms with Crippen molar-refractivity contribution in [1.29, 1.82) is 0 Å². The highest BCUT2D eigenvalue weighted by molar-refractivity contribution is 5.89. The largest absolute Gasteiger partial charge is 0.497 e. The topological polar surface area (TPSA) is 57.7 Å². The number of hydrogen-bond donors (Lipinski definition) is 0. The van der Waals surface area contributed by atoms with E-state index in [-0.39, 0.29) is 6.61 Å². The Morgan fingerprint density at radius 3 is 2.35 bits per heavy atom. The summed E-state index contributed by atoms with van der Waals surface area (Å²) >= 11 is 0. The maximum absolute atomic E-state index is 11.8. The minimum Gasteiger partial charge on any atom is -0.497 e. The van der Waals surface area contributed by atoms with Crippen LogP contribution in [0.15, 0.2) is 42.6 Å². The molecule has 0 saturated carbocycles. The highest BCUT2D eigenvalue weighted by Gasteiger charge is 2.08. The number of carbonyl (C=O) groups is 1. The van der Waals surface area contributed by atoms with Crippen molar-refractivity contribution in [1.82, 2.24) is 4.98 Å². The molecule has 0 aliphatic heterocycles. The zero-order valence-electron chi connectivity index (χ0n) is 11.3. The van der Waals surface area contributed by atoms with E-state index in [9.17, 15) is 4.79 Å². The van der Waals surface area contributed by atoms with Gasteiger partial charge in [-0.15, -0.1) is 0 Å². The first-order valence-corrected chi connectivity index (χ1v) is 6.03. The Morgan fingerprint density at radius 2 is 1.80 bits per heavy atom. The summed E-state index contributed by atoms with van der Waals surface area (Å²) in [6.45, 7) is 0.203. The Morgan fingerprint density at radius 1 is 1.05 bits per heavy atom. The van der Waals surface area contributed by atoms with Crippen molar-refractivity contribution in [3.8, 4) is 11.6 Å². The first-order valence-electron chi connectivity index (χ1n) is 6.03. The highest BCUT2D eigenvalue weighted by atomic mass is 16.5. The van der Waals surface area contributed by atoms with Gasteiger partial charge in [0, 0.05) is 12.3 Å². The molecule has 0 unspecified atom stereocenters. The SMILES string of the molecule is COc1ccc(COC(=O)c2ccc(OC)nc2)cc1. The predicted molar refractivity (Wildman–Crippen MR) is 72.9 cm³/mol. The van der Waals surface area contributed by atoms with Gasteiger partial charge in [-0.3, -0.25) is 0 Å². The molecule has 1 aromatic heterocycles. The lowest BCUT2D eigenvalue weighted by molar-refractivity contribution is 0.0472. The number of nitrogens with zero attached hydrogens (tertiary/aromatic N) is 1. The third-order valence-electron chi connectivity index (χ3n) is 2.71. The van der Waals surface area contributed by atoms with Crippen LogP contribution in [0.25, 0.3) is 0 Å². The maximum Gasteiger partial charge on any atom is 0.340 e. The van der Waals surface area contributed by atoms with E-state index in [1.165, 1.54) is 13.3 Å². The lowest BCUT2D eigenvalue weighted by Crippen LogP contribution is -2.05. The molecular formula is C15H15NO4. The molecule has 0 saturated heterocycles. The minimum atomic E-state index is -0.420. The molecular weight excluding hydrogens is 258 g/mol. The minimum absolute atomic E-state index is 0.203. The van der Waals surface area contributed by atoms with Crippen molar-refractivity contribution in [2.24, 2.45) is 0 Å². The van der Waals surface area contributed by atoms with E-state index in [2.05, 4.69) is 4.98 Å². The molecule has 0 spiro atoms. The fourth-order valence-electron chi connectivity index (χ4n) is 1.58. The van der Waals surface area contributed by atoms with E-state index in [0.717, 1.165) is 11.3 Å². The van der Waals surface area contributed by atoms with Gasteiger partial charge < -0.3 is 14.2 Å². The molecule has 2 aromatic rings. The molecule has 0 aliphatic carbocycles. The molecule has 5 heteroatoms. The van der Waals surface area contributed by atoms with Gasteiger partial charge in [0.2, 0.25) is 5.88 Å². The van der Waals surface area contributed by atoms with Gasteiger partial charge in [-0.2, -0.15) is 0 Å². The second-order valence-corrected chi connectivity index (χ2v) is 4.01. The van der Waals surface area contributed by atoms with Crippen molar-refractivity contribution in [2.45, 2.75) is 6.61 Å². The second-order valence-electron chi connectivity index (χ2n) is 4.01. The molecule has 0 bridgehead atoms. The molecule has 0 N–H and O–H groups in total. The summed E-state index contributed by atoms with van der Waals surface area (Å²) in [7, 11) is 3.12. The second kappa shape index (κ2) is 6.56. The van der Waals surface area contributed by atoms with Gasteiger partial charge >= 0.3 is 5.97 Å². The summed E-state index contributed by atoms with van der Waals surface area (Å²) in [5.74, 6) is 0.798. The van der Waals surface area contributed by atoms with Gasteiger partial charge in [0.25, 0.3) is 0 Å². The van der Waals surface area contributed by atoms with Crippen LogP contribution < -0.4 is 9.47 Å². The van der Waals surface area contributed by atoms with Gasteiger partial charge in [-0.25, -0.2) is 9.78 Å². The summed E-state index contributed by atoms with van der Waals surface area (Å²) in [5, 5.41) is 0. The molecule has 2 rings (SSSR count). The number of pyridine rings is 1. The summed E-state index contributed by atoms with van der Waals surface area (Å²) in [6, 6.07) is 10.6. The third kappa shape index (κ3) is 3.47. The molecule has 1 heterocycles.